The molecule has 0 spiro atoms. The summed E-state index contributed by atoms with van der Waals surface area (Å²) in [6, 6.07) is 8.56. The molecule has 0 radical (unpaired) electrons. The highest BCUT2D eigenvalue weighted by molar-refractivity contribution is 5.97. The number of para-hydroxylation sites is 2. The van der Waals surface area contributed by atoms with Gasteiger partial charge in [0.1, 0.15) is 0 Å². The van der Waals surface area contributed by atoms with Crippen molar-refractivity contribution in [2.45, 2.75) is 64.5 Å². The van der Waals surface area contributed by atoms with Gasteiger partial charge in [-0.2, -0.15) is 0 Å². The van der Waals surface area contributed by atoms with E-state index in [1.54, 1.807) is 4.90 Å². The lowest BCUT2D eigenvalue weighted by atomic mass is 9.95. The second-order valence-corrected chi connectivity index (χ2v) is 8.12. The zero-order valence-electron chi connectivity index (χ0n) is 16.1. The minimum absolute atomic E-state index is 0.0610. The predicted octanol–water partition coefficient (Wildman–Crippen LogP) is 3.74. The number of hydrogen-bond acceptors (Lipinski definition) is 3. The molecule has 1 aliphatic carbocycles. The van der Waals surface area contributed by atoms with E-state index in [-0.39, 0.29) is 30.2 Å². The number of hydrogen-bond donors (Lipinski definition) is 1. The van der Waals surface area contributed by atoms with Crippen molar-refractivity contribution >= 4 is 28.8 Å². The van der Waals surface area contributed by atoms with Gasteiger partial charge in [0.05, 0.1) is 17.0 Å². The van der Waals surface area contributed by atoms with Gasteiger partial charge in [0.15, 0.2) is 0 Å². The number of nitrogens with one attached hydrogen (secondary N) is 1. The zero-order valence-corrected chi connectivity index (χ0v) is 16.1. The second kappa shape index (κ2) is 7.33. The maximum atomic E-state index is 12.9. The van der Waals surface area contributed by atoms with Gasteiger partial charge in [0.25, 0.3) is 0 Å². The van der Waals surface area contributed by atoms with Gasteiger partial charge in [0, 0.05) is 25.0 Å². The van der Waals surface area contributed by atoms with E-state index in [1.807, 2.05) is 32.0 Å². The third kappa shape index (κ3) is 3.45. The third-order valence-electron chi connectivity index (χ3n) is 5.92. The molecule has 2 fully saturated rings. The van der Waals surface area contributed by atoms with Crippen molar-refractivity contribution in [3.8, 4) is 0 Å². The summed E-state index contributed by atoms with van der Waals surface area (Å²) in [7, 11) is 0. The lowest BCUT2D eigenvalue weighted by molar-refractivity contribution is -0.129. The van der Waals surface area contributed by atoms with Crippen LogP contribution in [-0.2, 0) is 9.59 Å². The maximum Gasteiger partial charge on any atom is 0.232 e. The highest BCUT2D eigenvalue weighted by Crippen LogP contribution is 2.34. The van der Waals surface area contributed by atoms with Crippen molar-refractivity contribution in [2.75, 3.05) is 11.9 Å². The molecule has 6 heteroatoms. The Kier molecular flexibility index (Phi) is 4.89. The topological polar surface area (TPSA) is 67.2 Å². The summed E-state index contributed by atoms with van der Waals surface area (Å²) in [6.45, 7) is 4.47. The van der Waals surface area contributed by atoms with Crippen LogP contribution >= 0.6 is 0 Å². The van der Waals surface area contributed by atoms with Gasteiger partial charge in [0.2, 0.25) is 17.8 Å². The van der Waals surface area contributed by atoms with Crippen LogP contribution in [0.2, 0.25) is 0 Å². The van der Waals surface area contributed by atoms with E-state index in [4.69, 9.17) is 4.98 Å². The van der Waals surface area contributed by atoms with Crippen molar-refractivity contribution < 1.29 is 9.59 Å². The van der Waals surface area contributed by atoms with E-state index in [0.717, 1.165) is 23.9 Å². The van der Waals surface area contributed by atoms with Crippen LogP contribution in [0.4, 0.5) is 5.95 Å². The van der Waals surface area contributed by atoms with Crippen molar-refractivity contribution in [3.63, 3.8) is 0 Å². The van der Waals surface area contributed by atoms with Gasteiger partial charge < -0.3 is 9.47 Å². The first kappa shape index (κ1) is 18.0. The number of rotatable bonds is 4. The number of carbonyl (C=O) groups excluding carboxylic acids is 2. The van der Waals surface area contributed by atoms with Crippen molar-refractivity contribution in [3.05, 3.63) is 24.3 Å². The molecule has 27 heavy (non-hydrogen) atoms. The summed E-state index contributed by atoms with van der Waals surface area (Å²) in [5.41, 5.74) is 1.98. The van der Waals surface area contributed by atoms with Crippen molar-refractivity contribution in [1.29, 1.82) is 0 Å². The normalized spacial score (nSPS) is 21.4. The molecule has 1 aromatic heterocycles. The minimum atomic E-state index is -0.306. The van der Waals surface area contributed by atoms with Crippen LogP contribution in [0, 0.1) is 5.92 Å². The Morgan fingerprint density at radius 2 is 1.93 bits per heavy atom. The molecule has 2 amide bonds. The number of fused-ring (bicyclic) bond motifs is 1. The predicted molar refractivity (Wildman–Crippen MR) is 105 cm³/mol. The smallest absolute Gasteiger partial charge is 0.232 e. The average molecular weight is 368 g/mol. The highest BCUT2D eigenvalue weighted by atomic mass is 16.2. The van der Waals surface area contributed by atoms with Gasteiger partial charge in [-0.3, -0.25) is 14.9 Å². The fourth-order valence-corrected chi connectivity index (χ4v) is 4.46. The van der Waals surface area contributed by atoms with Crippen LogP contribution < -0.4 is 5.32 Å². The molecule has 2 aliphatic rings. The average Bonchev–Trinajstić information content (AvgIpc) is 3.22. The van der Waals surface area contributed by atoms with Crippen LogP contribution in [0.1, 0.15) is 58.4 Å². The van der Waals surface area contributed by atoms with Gasteiger partial charge in [-0.25, -0.2) is 4.98 Å². The lowest BCUT2D eigenvalue weighted by Crippen LogP contribution is -2.33. The molecule has 1 saturated carbocycles. The Morgan fingerprint density at radius 3 is 2.63 bits per heavy atom. The lowest BCUT2D eigenvalue weighted by Gasteiger charge is -2.25. The van der Waals surface area contributed by atoms with Crippen molar-refractivity contribution in [1.82, 2.24) is 14.5 Å². The monoisotopic (exact) mass is 368 g/mol. The summed E-state index contributed by atoms with van der Waals surface area (Å²) in [6.07, 6.45) is 6.22. The maximum absolute atomic E-state index is 12.9. The first-order chi connectivity index (χ1) is 13.0. The summed E-state index contributed by atoms with van der Waals surface area (Å²) in [4.78, 5) is 31.6. The van der Waals surface area contributed by atoms with E-state index in [1.165, 1.54) is 19.3 Å². The first-order valence-corrected chi connectivity index (χ1v) is 10.1. The number of nitrogens with zero attached hydrogens (tertiary/aromatic N) is 3. The van der Waals surface area contributed by atoms with Gasteiger partial charge in [-0.05, 0) is 38.8 Å². The summed E-state index contributed by atoms with van der Waals surface area (Å²) in [5.74, 6) is 0.285. The molecule has 1 aliphatic heterocycles. The van der Waals surface area contributed by atoms with Crippen LogP contribution in [0.25, 0.3) is 11.0 Å². The first-order valence-electron chi connectivity index (χ1n) is 10.1. The van der Waals surface area contributed by atoms with Crippen molar-refractivity contribution in [2.24, 2.45) is 5.92 Å². The number of anilines is 1. The molecule has 2 aromatic rings. The molecule has 1 aromatic carbocycles. The van der Waals surface area contributed by atoms with Crippen LogP contribution in [0.3, 0.4) is 0 Å². The van der Waals surface area contributed by atoms with Crippen LogP contribution in [-0.4, -0.2) is 38.9 Å². The molecule has 0 bridgehead atoms. The molecule has 6 nitrogen and oxygen atoms in total. The number of aromatic nitrogens is 2. The van der Waals surface area contributed by atoms with Crippen LogP contribution in [0.5, 0.6) is 0 Å². The quantitative estimate of drug-likeness (QED) is 0.894. The van der Waals surface area contributed by atoms with Gasteiger partial charge in [-0.1, -0.05) is 31.4 Å². The van der Waals surface area contributed by atoms with E-state index < -0.39 is 0 Å². The largest absolute Gasteiger partial charge is 0.339 e. The van der Waals surface area contributed by atoms with Gasteiger partial charge in [-0.15, -0.1) is 0 Å². The molecule has 0 unspecified atom stereocenters. The number of likely N-dealkylation sites (tertiary alicyclic amines) is 1. The Bertz CT molecular complexity index is 851. The number of benzene rings is 1. The molecule has 4 rings (SSSR count). The van der Waals surface area contributed by atoms with E-state index >= 15 is 0 Å². The molecular formula is C21H28N4O2. The molecular weight excluding hydrogens is 340 g/mol. The number of imidazole rings is 1. The molecule has 2 heterocycles. The number of carbonyl (C=O) groups is 2. The minimum Gasteiger partial charge on any atom is -0.339 e. The Balaban J connectivity index is 1.60. The standard InChI is InChI=1S/C21H28N4O2/c1-14(2)24-13-15(12-19(24)26)20(27)23-21-22-17-10-6-7-11-18(17)25(21)16-8-4-3-5-9-16/h6-7,10-11,14-16H,3-5,8-9,12-13H2,1-2H3,(H,22,23,27)/t15-/m1/s1. The van der Waals surface area contributed by atoms with E-state index in [2.05, 4.69) is 16.0 Å². The third-order valence-corrected chi connectivity index (χ3v) is 5.92. The SMILES string of the molecule is CC(C)N1C[C@H](C(=O)Nc2nc3ccccc3n2C2CCCCC2)CC1=O. The summed E-state index contributed by atoms with van der Waals surface area (Å²) < 4.78 is 2.21. The Hall–Kier alpha value is -2.37. The molecule has 1 N–H and O–H groups in total. The van der Waals surface area contributed by atoms with E-state index in [0.29, 0.717) is 18.5 Å². The summed E-state index contributed by atoms with van der Waals surface area (Å²) >= 11 is 0. The van der Waals surface area contributed by atoms with Gasteiger partial charge >= 0.3 is 0 Å². The molecule has 1 saturated heterocycles. The molecule has 144 valence electrons. The summed E-state index contributed by atoms with van der Waals surface area (Å²) in [5, 5.41) is 3.05. The Morgan fingerprint density at radius 1 is 1.19 bits per heavy atom. The second-order valence-electron chi connectivity index (χ2n) is 8.12. The fourth-order valence-electron chi connectivity index (χ4n) is 4.46. The number of amides is 2. The zero-order chi connectivity index (χ0) is 19.0. The van der Waals surface area contributed by atoms with Crippen LogP contribution in [0.15, 0.2) is 24.3 Å². The highest BCUT2D eigenvalue weighted by Gasteiger charge is 2.36. The Labute approximate surface area is 159 Å². The fraction of sp³-hybridized carbons (Fsp3) is 0.571. The molecule has 1 atom stereocenters. The van der Waals surface area contributed by atoms with E-state index in [9.17, 15) is 9.59 Å².